The molecule has 0 bridgehead atoms. The lowest BCUT2D eigenvalue weighted by Crippen LogP contribution is -2.05. The fourth-order valence-corrected chi connectivity index (χ4v) is 4.24. The summed E-state index contributed by atoms with van der Waals surface area (Å²) in [6, 6.07) is 20.3. The van der Waals surface area contributed by atoms with Gasteiger partial charge in [-0.05, 0) is 78.6 Å². The van der Waals surface area contributed by atoms with Gasteiger partial charge in [-0.25, -0.2) is 0 Å². The Morgan fingerprint density at radius 3 is 2.59 bits per heavy atom. The van der Waals surface area contributed by atoms with Crippen molar-refractivity contribution in [1.29, 1.82) is 0 Å². The lowest BCUT2D eigenvalue weighted by atomic mass is 9.97. The maximum Gasteiger partial charge on any atom is 0.307 e. The zero-order valence-corrected chi connectivity index (χ0v) is 19.7. The molecule has 1 heterocycles. The lowest BCUT2D eigenvalue weighted by molar-refractivity contribution is -0.136. The van der Waals surface area contributed by atoms with Gasteiger partial charge >= 0.3 is 5.97 Å². The molecule has 0 unspecified atom stereocenters. The number of benzene rings is 3. The minimum atomic E-state index is -0.920. The molecular formula is C28H30N2O4. The van der Waals surface area contributed by atoms with E-state index < -0.39 is 5.97 Å². The first-order valence-electron chi connectivity index (χ1n) is 11.3. The van der Waals surface area contributed by atoms with E-state index in [4.69, 9.17) is 15.2 Å². The van der Waals surface area contributed by atoms with Gasteiger partial charge in [0.15, 0.2) is 0 Å². The summed E-state index contributed by atoms with van der Waals surface area (Å²) >= 11 is 0. The normalized spacial score (nSPS) is 11.2. The van der Waals surface area contributed by atoms with Gasteiger partial charge in [0.2, 0.25) is 0 Å². The Bertz CT molecular complexity index is 1320. The van der Waals surface area contributed by atoms with E-state index >= 15 is 0 Å². The molecule has 0 radical (unpaired) electrons. The molecule has 0 saturated carbocycles. The Morgan fingerprint density at radius 1 is 1.06 bits per heavy atom. The third kappa shape index (κ3) is 4.92. The monoisotopic (exact) mass is 458 g/mol. The molecule has 0 fully saturated rings. The predicted octanol–water partition coefficient (Wildman–Crippen LogP) is 5.56. The molecule has 1 aromatic heterocycles. The van der Waals surface area contributed by atoms with Crippen molar-refractivity contribution in [3.05, 3.63) is 83.6 Å². The average molecular weight is 459 g/mol. The molecule has 34 heavy (non-hydrogen) atoms. The number of aliphatic carboxylic acids is 1. The van der Waals surface area contributed by atoms with Crippen LogP contribution in [0.1, 0.15) is 36.6 Å². The van der Waals surface area contributed by atoms with Crippen LogP contribution in [-0.4, -0.2) is 22.8 Å². The molecule has 0 atom stereocenters. The number of nitrogens with two attached hydrogens (primary N) is 1. The molecule has 4 rings (SSSR count). The smallest absolute Gasteiger partial charge is 0.307 e. The molecule has 3 aromatic carbocycles. The van der Waals surface area contributed by atoms with E-state index in [0.717, 1.165) is 27.8 Å². The number of carbonyl (C=O) groups is 1. The largest absolute Gasteiger partial charge is 0.497 e. The fraction of sp³-hybridized carbons (Fsp3) is 0.250. The molecule has 0 aliphatic heterocycles. The molecule has 0 saturated heterocycles. The highest BCUT2D eigenvalue weighted by molar-refractivity contribution is 5.96. The Balaban J connectivity index is 1.75. The molecular weight excluding hydrogens is 428 g/mol. The first-order chi connectivity index (χ1) is 16.4. The van der Waals surface area contributed by atoms with E-state index in [1.165, 1.54) is 5.39 Å². The van der Waals surface area contributed by atoms with Gasteiger partial charge in [-0.3, -0.25) is 4.79 Å². The highest BCUT2D eigenvalue weighted by atomic mass is 16.5. The SMILES string of the molecule is COc1ccc(OCc2cc(-c3cccc(CN)c3)c3ccn(C(C)C)c3c2)c(CC(=O)O)c1. The van der Waals surface area contributed by atoms with Crippen molar-refractivity contribution < 1.29 is 19.4 Å². The van der Waals surface area contributed by atoms with Gasteiger partial charge in [0.05, 0.1) is 13.5 Å². The van der Waals surface area contributed by atoms with Crippen LogP contribution in [0.25, 0.3) is 22.0 Å². The van der Waals surface area contributed by atoms with Crippen LogP contribution < -0.4 is 15.2 Å². The molecule has 0 spiro atoms. The topological polar surface area (TPSA) is 86.7 Å². The van der Waals surface area contributed by atoms with Gasteiger partial charge < -0.3 is 24.9 Å². The number of methoxy groups -OCH3 is 1. The molecule has 0 aliphatic rings. The minimum Gasteiger partial charge on any atom is -0.497 e. The van der Waals surface area contributed by atoms with Gasteiger partial charge in [0.25, 0.3) is 0 Å². The summed E-state index contributed by atoms with van der Waals surface area (Å²) in [6.45, 7) is 5.11. The van der Waals surface area contributed by atoms with E-state index in [0.29, 0.717) is 36.3 Å². The zero-order chi connectivity index (χ0) is 24.2. The average Bonchev–Trinajstić information content (AvgIpc) is 3.26. The van der Waals surface area contributed by atoms with E-state index in [1.54, 1.807) is 25.3 Å². The van der Waals surface area contributed by atoms with Crippen molar-refractivity contribution in [2.24, 2.45) is 5.73 Å². The quantitative estimate of drug-likeness (QED) is 0.343. The van der Waals surface area contributed by atoms with Crippen LogP contribution in [0.2, 0.25) is 0 Å². The van der Waals surface area contributed by atoms with Crippen LogP contribution in [0.15, 0.2) is 66.9 Å². The summed E-state index contributed by atoms with van der Waals surface area (Å²) in [5, 5.41) is 10.5. The summed E-state index contributed by atoms with van der Waals surface area (Å²) in [5.41, 5.74) is 11.9. The Labute approximate surface area is 199 Å². The summed E-state index contributed by atoms with van der Waals surface area (Å²) in [4.78, 5) is 11.4. The third-order valence-corrected chi connectivity index (χ3v) is 5.93. The Morgan fingerprint density at radius 2 is 1.88 bits per heavy atom. The number of rotatable bonds is 9. The number of aromatic nitrogens is 1. The van der Waals surface area contributed by atoms with Crippen LogP contribution in [0.4, 0.5) is 0 Å². The van der Waals surface area contributed by atoms with Crippen molar-refractivity contribution in [2.75, 3.05) is 7.11 Å². The molecule has 6 heteroatoms. The van der Waals surface area contributed by atoms with Crippen molar-refractivity contribution in [3.8, 4) is 22.6 Å². The Kier molecular flexibility index (Phi) is 6.89. The number of nitrogens with zero attached hydrogens (tertiary/aromatic N) is 1. The van der Waals surface area contributed by atoms with Crippen LogP contribution in [0.5, 0.6) is 11.5 Å². The highest BCUT2D eigenvalue weighted by Crippen LogP contribution is 2.34. The van der Waals surface area contributed by atoms with Crippen molar-refractivity contribution in [2.45, 2.75) is 39.5 Å². The standard InChI is InChI=1S/C28H30N2O4/c1-18(2)30-10-9-24-25(21-6-4-5-19(11-21)16-29)12-20(13-26(24)30)17-34-27-8-7-23(33-3)14-22(27)15-28(31)32/h4-14,18H,15-17,29H2,1-3H3,(H,31,32). The van der Waals surface area contributed by atoms with Gasteiger partial charge in [0, 0.05) is 35.2 Å². The molecule has 4 aromatic rings. The number of carboxylic acid groups (broad SMARTS) is 1. The van der Waals surface area contributed by atoms with Crippen molar-refractivity contribution >= 4 is 16.9 Å². The first-order valence-corrected chi connectivity index (χ1v) is 11.3. The summed E-state index contributed by atoms with van der Waals surface area (Å²) in [6.07, 6.45) is 1.98. The maximum atomic E-state index is 11.4. The first kappa shape index (κ1) is 23.4. The summed E-state index contributed by atoms with van der Waals surface area (Å²) in [7, 11) is 1.56. The Hall–Kier alpha value is -3.77. The number of fused-ring (bicyclic) bond motifs is 1. The lowest BCUT2D eigenvalue weighted by Gasteiger charge is -2.15. The molecule has 0 aliphatic carbocycles. The second-order valence-electron chi connectivity index (χ2n) is 8.63. The summed E-state index contributed by atoms with van der Waals surface area (Å²) in [5.74, 6) is 0.215. The van der Waals surface area contributed by atoms with Crippen molar-refractivity contribution in [3.63, 3.8) is 0 Å². The van der Waals surface area contributed by atoms with E-state index in [-0.39, 0.29) is 6.42 Å². The molecule has 3 N–H and O–H groups in total. The van der Waals surface area contributed by atoms with Crippen LogP contribution in [0.3, 0.4) is 0 Å². The fourth-order valence-electron chi connectivity index (χ4n) is 4.24. The van der Waals surface area contributed by atoms with Gasteiger partial charge in [-0.15, -0.1) is 0 Å². The van der Waals surface area contributed by atoms with Gasteiger partial charge in [0.1, 0.15) is 18.1 Å². The third-order valence-electron chi connectivity index (χ3n) is 5.93. The highest BCUT2D eigenvalue weighted by Gasteiger charge is 2.14. The maximum absolute atomic E-state index is 11.4. The van der Waals surface area contributed by atoms with E-state index in [9.17, 15) is 9.90 Å². The second kappa shape index (κ2) is 10.0. The van der Waals surface area contributed by atoms with Crippen LogP contribution >= 0.6 is 0 Å². The predicted molar refractivity (Wildman–Crippen MR) is 134 cm³/mol. The second-order valence-corrected chi connectivity index (χ2v) is 8.63. The zero-order valence-electron chi connectivity index (χ0n) is 19.7. The van der Waals surface area contributed by atoms with Crippen molar-refractivity contribution in [1.82, 2.24) is 4.57 Å². The van der Waals surface area contributed by atoms with E-state index in [2.05, 4.69) is 54.9 Å². The van der Waals surface area contributed by atoms with Crippen LogP contribution in [-0.2, 0) is 24.4 Å². The van der Waals surface area contributed by atoms with E-state index in [1.807, 2.05) is 12.1 Å². The van der Waals surface area contributed by atoms with Crippen LogP contribution in [0, 0.1) is 0 Å². The molecule has 6 nitrogen and oxygen atoms in total. The molecule has 176 valence electrons. The number of hydrogen-bond acceptors (Lipinski definition) is 4. The number of ether oxygens (including phenoxy) is 2. The van der Waals surface area contributed by atoms with Gasteiger partial charge in [-0.1, -0.05) is 18.2 Å². The summed E-state index contributed by atoms with van der Waals surface area (Å²) < 4.78 is 13.6. The number of hydrogen-bond donors (Lipinski definition) is 2. The van der Waals surface area contributed by atoms with Gasteiger partial charge in [-0.2, -0.15) is 0 Å². The number of carboxylic acids is 1. The molecule has 0 amide bonds. The minimum absolute atomic E-state index is 0.140.